The minimum absolute atomic E-state index is 0.132. The first kappa shape index (κ1) is 25.4. The van der Waals surface area contributed by atoms with E-state index in [4.69, 9.17) is 10.5 Å². The van der Waals surface area contributed by atoms with Gasteiger partial charge in [0.2, 0.25) is 5.91 Å². The van der Waals surface area contributed by atoms with Crippen LogP contribution < -0.4 is 16.4 Å². The third-order valence-corrected chi connectivity index (χ3v) is 5.59. The normalized spacial score (nSPS) is 12.2. The fraction of sp³-hybridized carbons (Fsp3) is 0.214. The molecule has 3 aromatic rings. The van der Waals surface area contributed by atoms with Crippen molar-refractivity contribution in [3.63, 3.8) is 0 Å². The second-order valence-electron chi connectivity index (χ2n) is 8.87. The van der Waals surface area contributed by atoms with Gasteiger partial charge in [-0.2, -0.15) is 0 Å². The van der Waals surface area contributed by atoms with Gasteiger partial charge in [0.25, 0.3) is 0 Å². The van der Waals surface area contributed by atoms with Gasteiger partial charge in [0, 0.05) is 11.1 Å². The summed E-state index contributed by atoms with van der Waals surface area (Å²) in [4.78, 5) is 24.9. The molecular weight excluding hydrogens is 442 g/mol. The number of amides is 2. The number of nitrogens with one attached hydrogen (secondary N) is 2. The lowest BCUT2D eigenvalue weighted by Crippen LogP contribution is -2.29. The third-order valence-electron chi connectivity index (χ3n) is 5.59. The van der Waals surface area contributed by atoms with Crippen LogP contribution >= 0.6 is 0 Å². The largest absolute Gasteiger partial charge is 0.508 e. The minimum Gasteiger partial charge on any atom is -0.508 e. The highest BCUT2D eigenvalue weighted by Crippen LogP contribution is 2.41. The van der Waals surface area contributed by atoms with Gasteiger partial charge in [-0.15, -0.1) is 0 Å². The van der Waals surface area contributed by atoms with Crippen LogP contribution in [0.25, 0.3) is 0 Å². The van der Waals surface area contributed by atoms with Gasteiger partial charge in [0.1, 0.15) is 11.9 Å². The predicted octanol–water partition coefficient (Wildman–Crippen LogP) is 6.27. The number of ether oxygens (including phenoxy) is 1. The van der Waals surface area contributed by atoms with E-state index in [2.05, 4.69) is 10.6 Å². The molecule has 0 aromatic heterocycles. The van der Waals surface area contributed by atoms with E-state index in [9.17, 15) is 14.7 Å². The van der Waals surface area contributed by atoms with Gasteiger partial charge in [-0.05, 0) is 60.9 Å². The van der Waals surface area contributed by atoms with Crippen molar-refractivity contribution in [3.8, 4) is 5.75 Å². The van der Waals surface area contributed by atoms with Gasteiger partial charge in [0.15, 0.2) is 0 Å². The molecule has 0 spiro atoms. The van der Waals surface area contributed by atoms with Crippen molar-refractivity contribution in [1.29, 1.82) is 0 Å². The molecule has 5 N–H and O–H groups in total. The highest BCUT2D eigenvalue weighted by atomic mass is 16.6. The van der Waals surface area contributed by atoms with Gasteiger partial charge in [-0.3, -0.25) is 10.1 Å². The molecule has 7 heteroatoms. The molecule has 1 atom stereocenters. The molecule has 0 radical (unpaired) electrons. The van der Waals surface area contributed by atoms with Gasteiger partial charge >= 0.3 is 6.09 Å². The molecule has 0 saturated carbocycles. The highest BCUT2D eigenvalue weighted by Gasteiger charge is 2.34. The van der Waals surface area contributed by atoms with Crippen LogP contribution in [0, 0.1) is 5.41 Å². The van der Waals surface area contributed by atoms with Crippen molar-refractivity contribution >= 4 is 29.1 Å². The Balaban J connectivity index is 1.65. The maximum absolute atomic E-state index is 12.7. The summed E-state index contributed by atoms with van der Waals surface area (Å²) in [7, 11) is 0. The van der Waals surface area contributed by atoms with Crippen LogP contribution in [-0.2, 0) is 9.53 Å². The van der Waals surface area contributed by atoms with E-state index in [0.717, 1.165) is 5.56 Å². The Morgan fingerprint density at radius 2 is 1.63 bits per heavy atom. The van der Waals surface area contributed by atoms with Crippen molar-refractivity contribution in [2.45, 2.75) is 32.8 Å². The van der Waals surface area contributed by atoms with E-state index in [0.29, 0.717) is 29.9 Å². The Labute approximate surface area is 205 Å². The summed E-state index contributed by atoms with van der Waals surface area (Å²) in [5.74, 6) is -0.138. The Morgan fingerprint density at radius 1 is 0.971 bits per heavy atom. The zero-order chi connectivity index (χ0) is 25.3. The first-order valence-electron chi connectivity index (χ1n) is 11.4. The number of carbonyl (C=O) groups is 2. The van der Waals surface area contributed by atoms with E-state index in [1.807, 2.05) is 32.0 Å². The number of carbonyl (C=O) groups excluding carboxylic acids is 2. The molecule has 7 nitrogen and oxygen atoms in total. The summed E-state index contributed by atoms with van der Waals surface area (Å²) in [5, 5.41) is 15.2. The van der Waals surface area contributed by atoms with E-state index in [1.54, 1.807) is 66.7 Å². The lowest BCUT2D eigenvalue weighted by atomic mass is 9.78. The van der Waals surface area contributed by atoms with Crippen molar-refractivity contribution in [2.75, 3.05) is 16.4 Å². The zero-order valence-electron chi connectivity index (χ0n) is 19.9. The second kappa shape index (κ2) is 11.7. The SMILES string of the molecule is CC(C)(CC/C=C/C(=O)Nc1ccccc1N)[C@H](OC(=O)Nc1ccccc1)c1ccc(O)cc1. The lowest BCUT2D eigenvalue weighted by molar-refractivity contribution is -0.111. The molecule has 2 amide bonds. The Bertz CT molecular complexity index is 1160. The fourth-order valence-electron chi connectivity index (χ4n) is 3.67. The number of anilines is 3. The van der Waals surface area contributed by atoms with Gasteiger partial charge < -0.3 is 20.9 Å². The fourth-order valence-corrected chi connectivity index (χ4v) is 3.67. The quantitative estimate of drug-likeness (QED) is 0.216. The predicted molar refractivity (Wildman–Crippen MR) is 139 cm³/mol. The van der Waals surface area contributed by atoms with Crippen molar-refractivity contribution < 1.29 is 19.4 Å². The number of para-hydroxylation sites is 3. The molecule has 0 aliphatic heterocycles. The van der Waals surface area contributed by atoms with Crippen molar-refractivity contribution in [1.82, 2.24) is 0 Å². The summed E-state index contributed by atoms with van der Waals surface area (Å²) in [6.07, 6.45) is 3.32. The third kappa shape index (κ3) is 7.64. The molecule has 0 fully saturated rings. The monoisotopic (exact) mass is 473 g/mol. The molecule has 0 aliphatic carbocycles. The van der Waals surface area contributed by atoms with E-state index >= 15 is 0 Å². The molecule has 0 aliphatic rings. The molecule has 3 rings (SSSR count). The van der Waals surface area contributed by atoms with E-state index < -0.39 is 17.6 Å². The number of nitrogen functional groups attached to an aromatic ring is 1. The maximum Gasteiger partial charge on any atom is 0.412 e. The van der Waals surface area contributed by atoms with Crippen molar-refractivity contribution in [2.24, 2.45) is 5.41 Å². The smallest absolute Gasteiger partial charge is 0.412 e. The minimum atomic E-state index is -0.585. The standard InChI is InChI=1S/C28H31N3O4/c1-28(2,19-9-8-14-25(33)31-24-13-7-6-12-23(24)29)26(20-15-17-22(32)18-16-20)35-27(34)30-21-10-4-3-5-11-21/h3-8,10-18,26,32H,9,19,29H2,1-2H3,(H,30,34)(H,31,33)/b14-8+/t26-/m1/s1. The Kier molecular flexibility index (Phi) is 8.51. The number of rotatable bonds is 9. The van der Waals surface area contributed by atoms with Gasteiger partial charge in [-0.1, -0.05) is 62.4 Å². The highest BCUT2D eigenvalue weighted by molar-refractivity contribution is 6.01. The first-order valence-corrected chi connectivity index (χ1v) is 11.4. The lowest BCUT2D eigenvalue weighted by Gasteiger charge is -2.34. The number of hydrogen-bond donors (Lipinski definition) is 4. The van der Waals surface area contributed by atoms with Crippen LogP contribution in [0.2, 0.25) is 0 Å². The summed E-state index contributed by atoms with van der Waals surface area (Å²) >= 11 is 0. The van der Waals surface area contributed by atoms with Crippen molar-refractivity contribution in [3.05, 3.63) is 96.6 Å². The maximum atomic E-state index is 12.7. The van der Waals surface area contributed by atoms with Crippen LogP contribution in [-0.4, -0.2) is 17.1 Å². The number of aromatic hydroxyl groups is 1. The summed E-state index contributed by atoms with van der Waals surface area (Å²) < 4.78 is 5.87. The summed E-state index contributed by atoms with van der Waals surface area (Å²) in [5.41, 5.74) is 7.84. The number of benzene rings is 3. The zero-order valence-corrected chi connectivity index (χ0v) is 19.9. The Hall–Kier alpha value is -4.26. The molecule has 182 valence electrons. The van der Waals surface area contributed by atoms with Crippen LogP contribution in [0.4, 0.5) is 21.9 Å². The molecule has 0 heterocycles. The molecule has 35 heavy (non-hydrogen) atoms. The van der Waals surface area contributed by atoms with Gasteiger partial charge in [-0.25, -0.2) is 4.79 Å². The summed E-state index contributed by atoms with van der Waals surface area (Å²) in [6.45, 7) is 4.00. The number of phenols is 1. The number of nitrogens with two attached hydrogens (primary N) is 1. The molecule has 0 unspecified atom stereocenters. The number of allylic oxidation sites excluding steroid dienone is 1. The average Bonchev–Trinajstić information content (AvgIpc) is 2.83. The average molecular weight is 474 g/mol. The van der Waals surface area contributed by atoms with E-state index in [1.165, 1.54) is 6.08 Å². The molecular formula is C28H31N3O4. The summed E-state index contributed by atoms with van der Waals surface area (Å²) in [6, 6.07) is 22.7. The van der Waals surface area contributed by atoms with Gasteiger partial charge in [0.05, 0.1) is 11.4 Å². The molecule has 3 aromatic carbocycles. The van der Waals surface area contributed by atoms with Crippen LogP contribution in [0.3, 0.4) is 0 Å². The van der Waals surface area contributed by atoms with Crippen LogP contribution in [0.1, 0.15) is 38.4 Å². The molecule has 0 saturated heterocycles. The first-order chi connectivity index (χ1) is 16.7. The number of hydrogen-bond acceptors (Lipinski definition) is 5. The van der Waals surface area contributed by atoms with E-state index in [-0.39, 0.29) is 11.7 Å². The van der Waals surface area contributed by atoms with Crippen LogP contribution in [0.5, 0.6) is 5.75 Å². The topological polar surface area (TPSA) is 114 Å². The Morgan fingerprint density at radius 3 is 2.31 bits per heavy atom. The van der Waals surface area contributed by atoms with Crippen LogP contribution in [0.15, 0.2) is 91.0 Å². The second-order valence-corrected chi connectivity index (χ2v) is 8.87. The number of phenolic OH excluding ortho intramolecular Hbond substituents is 1. The molecule has 0 bridgehead atoms.